The number of piperidine rings is 1. The summed E-state index contributed by atoms with van der Waals surface area (Å²) in [6, 6.07) is 5.84. The minimum absolute atomic E-state index is 0.114. The molecule has 1 spiro atoms. The van der Waals surface area contributed by atoms with E-state index in [4.69, 9.17) is 9.84 Å². The average Bonchev–Trinajstić information content (AvgIpc) is 3.16. The molecule has 2 amide bonds. The number of carbonyl (C=O) groups excluding carboxylic acids is 2. The molecule has 0 bridgehead atoms. The molecule has 4 rings (SSSR count). The second kappa shape index (κ2) is 10.8. The summed E-state index contributed by atoms with van der Waals surface area (Å²) in [6.07, 6.45) is 1.62. The minimum atomic E-state index is -1.21. The molecule has 3 saturated heterocycles. The first-order chi connectivity index (χ1) is 16.8. The summed E-state index contributed by atoms with van der Waals surface area (Å²) < 4.78 is 18.9. The molecule has 0 saturated carbocycles. The molecule has 2 N–H and O–H groups in total. The summed E-state index contributed by atoms with van der Waals surface area (Å²) in [5, 5.41) is 11.2. The SMILES string of the molecule is CCC(NC(=O)O)C(=O)N1CCC2(CC1)C[C@H](CCN1CCN(c3ccc(F)cc3)CC1)OC2=O. The van der Waals surface area contributed by atoms with Crippen LogP contribution >= 0.6 is 0 Å². The number of hydrogen-bond acceptors (Lipinski definition) is 6. The van der Waals surface area contributed by atoms with E-state index >= 15 is 0 Å². The molecule has 3 aliphatic rings. The van der Waals surface area contributed by atoms with E-state index in [9.17, 15) is 18.8 Å². The molecular weight excluding hydrogens is 455 g/mol. The second-order valence-electron chi connectivity index (χ2n) is 9.84. The number of halogens is 1. The van der Waals surface area contributed by atoms with Gasteiger partial charge < -0.3 is 25.0 Å². The van der Waals surface area contributed by atoms with E-state index in [1.165, 1.54) is 12.1 Å². The summed E-state index contributed by atoms with van der Waals surface area (Å²) in [5.74, 6) is -0.618. The monoisotopic (exact) mass is 490 g/mol. The highest BCUT2D eigenvalue weighted by atomic mass is 19.1. The van der Waals surface area contributed by atoms with Crippen LogP contribution in [0.15, 0.2) is 24.3 Å². The van der Waals surface area contributed by atoms with Crippen LogP contribution in [-0.4, -0.2) is 90.8 Å². The van der Waals surface area contributed by atoms with Gasteiger partial charge in [-0.25, -0.2) is 9.18 Å². The summed E-state index contributed by atoms with van der Waals surface area (Å²) in [5.41, 5.74) is 0.497. The zero-order valence-corrected chi connectivity index (χ0v) is 20.2. The Bertz CT molecular complexity index is 911. The van der Waals surface area contributed by atoms with E-state index in [1.54, 1.807) is 11.8 Å². The molecule has 1 aromatic rings. The van der Waals surface area contributed by atoms with E-state index < -0.39 is 17.6 Å². The van der Waals surface area contributed by atoms with Crippen LogP contribution in [0.3, 0.4) is 0 Å². The number of nitrogens with zero attached hydrogens (tertiary/aromatic N) is 3. The number of piperazine rings is 1. The van der Waals surface area contributed by atoms with Gasteiger partial charge in [-0.3, -0.25) is 14.5 Å². The van der Waals surface area contributed by atoms with Gasteiger partial charge in [0.2, 0.25) is 5.91 Å². The molecule has 0 aliphatic carbocycles. The van der Waals surface area contributed by atoms with Crippen LogP contribution in [0.5, 0.6) is 0 Å². The number of esters is 1. The number of benzene rings is 1. The Morgan fingerprint density at radius 1 is 1.14 bits per heavy atom. The van der Waals surface area contributed by atoms with Crippen LogP contribution in [0.2, 0.25) is 0 Å². The van der Waals surface area contributed by atoms with Gasteiger partial charge in [0.1, 0.15) is 18.0 Å². The smallest absolute Gasteiger partial charge is 0.405 e. The maximum atomic E-state index is 13.2. The second-order valence-corrected chi connectivity index (χ2v) is 9.84. The average molecular weight is 491 g/mol. The van der Waals surface area contributed by atoms with Crippen molar-refractivity contribution in [3.63, 3.8) is 0 Å². The predicted octanol–water partition coefficient (Wildman–Crippen LogP) is 2.31. The van der Waals surface area contributed by atoms with Gasteiger partial charge in [-0.1, -0.05) is 6.92 Å². The number of carboxylic acid groups (broad SMARTS) is 1. The van der Waals surface area contributed by atoms with Gasteiger partial charge in [-0.05, 0) is 49.9 Å². The maximum absolute atomic E-state index is 13.2. The quantitative estimate of drug-likeness (QED) is 0.566. The number of anilines is 1. The Balaban J connectivity index is 1.21. The largest absolute Gasteiger partial charge is 0.465 e. The van der Waals surface area contributed by atoms with Crippen molar-refractivity contribution in [2.24, 2.45) is 5.41 Å². The number of cyclic esters (lactones) is 1. The van der Waals surface area contributed by atoms with Crippen LogP contribution in [-0.2, 0) is 14.3 Å². The van der Waals surface area contributed by atoms with Crippen LogP contribution in [0.25, 0.3) is 0 Å². The Morgan fingerprint density at radius 3 is 2.40 bits per heavy atom. The Labute approximate surface area is 205 Å². The number of rotatable bonds is 7. The zero-order valence-electron chi connectivity index (χ0n) is 20.2. The normalized spacial score (nSPS) is 23.3. The molecule has 0 radical (unpaired) electrons. The fraction of sp³-hybridized carbons (Fsp3) is 0.640. The summed E-state index contributed by atoms with van der Waals surface area (Å²) in [6.45, 7) is 7.05. The number of ether oxygens (including phenoxy) is 1. The summed E-state index contributed by atoms with van der Waals surface area (Å²) >= 11 is 0. The lowest BCUT2D eigenvalue weighted by atomic mass is 9.75. The molecule has 3 heterocycles. The van der Waals surface area contributed by atoms with Crippen molar-refractivity contribution >= 4 is 23.7 Å². The lowest BCUT2D eigenvalue weighted by molar-refractivity contribution is -0.153. The lowest BCUT2D eigenvalue weighted by Gasteiger charge is -2.38. The van der Waals surface area contributed by atoms with E-state index in [0.29, 0.717) is 38.8 Å². The maximum Gasteiger partial charge on any atom is 0.405 e. The molecule has 9 nitrogen and oxygen atoms in total. The highest BCUT2D eigenvalue weighted by Crippen LogP contribution is 2.44. The van der Waals surface area contributed by atoms with Crippen molar-refractivity contribution < 1.29 is 28.6 Å². The highest BCUT2D eigenvalue weighted by molar-refractivity contribution is 5.86. The van der Waals surface area contributed by atoms with Crippen molar-refractivity contribution in [2.75, 3.05) is 50.7 Å². The van der Waals surface area contributed by atoms with Crippen LogP contribution in [0, 0.1) is 11.2 Å². The molecule has 10 heteroatoms. The molecule has 1 aromatic carbocycles. The zero-order chi connectivity index (χ0) is 25.0. The van der Waals surface area contributed by atoms with Gasteiger partial charge >= 0.3 is 12.1 Å². The predicted molar refractivity (Wildman–Crippen MR) is 128 cm³/mol. The number of amides is 2. The summed E-state index contributed by atoms with van der Waals surface area (Å²) in [7, 11) is 0. The number of nitrogens with one attached hydrogen (secondary N) is 1. The Morgan fingerprint density at radius 2 is 1.80 bits per heavy atom. The molecular formula is C25H35FN4O5. The van der Waals surface area contributed by atoms with Crippen LogP contribution in [0.1, 0.15) is 39.0 Å². The third-order valence-electron chi connectivity index (χ3n) is 7.69. The van der Waals surface area contributed by atoms with Gasteiger partial charge in [0.15, 0.2) is 0 Å². The van der Waals surface area contributed by atoms with Crippen LogP contribution < -0.4 is 10.2 Å². The highest BCUT2D eigenvalue weighted by Gasteiger charge is 2.51. The van der Waals surface area contributed by atoms with E-state index in [1.807, 2.05) is 12.1 Å². The molecule has 3 fully saturated rings. The third-order valence-corrected chi connectivity index (χ3v) is 7.69. The van der Waals surface area contributed by atoms with E-state index in [0.717, 1.165) is 44.8 Å². The fourth-order valence-corrected chi connectivity index (χ4v) is 5.48. The molecule has 3 aliphatic heterocycles. The topological polar surface area (TPSA) is 102 Å². The van der Waals surface area contributed by atoms with Crippen molar-refractivity contribution in [3.05, 3.63) is 30.1 Å². The van der Waals surface area contributed by atoms with E-state index in [2.05, 4.69) is 15.1 Å². The molecule has 2 atom stereocenters. The Hall–Kier alpha value is -2.88. The van der Waals surface area contributed by atoms with Crippen LogP contribution in [0.4, 0.5) is 14.9 Å². The molecule has 35 heavy (non-hydrogen) atoms. The Kier molecular flexibility index (Phi) is 7.78. The van der Waals surface area contributed by atoms with Gasteiger partial charge in [0, 0.05) is 57.9 Å². The number of carbonyl (C=O) groups is 3. The third kappa shape index (κ3) is 5.86. The first kappa shape index (κ1) is 25.2. The first-order valence-corrected chi connectivity index (χ1v) is 12.5. The van der Waals surface area contributed by atoms with E-state index in [-0.39, 0.29) is 23.8 Å². The molecule has 1 unspecified atom stereocenters. The number of hydrogen-bond donors (Lipinski definition) is 2. The van der Waals surface area contributed by atoms with Crippen molar-refractivity contribution in [1.29, 1.82) is 0 Å². The van der Waals surface area contributed by atoms with Gasteiger partial charge in [-0.2, -0.15) is 0 Å². The van der Waals surface area contributed by atoms with Gasteiger partial charge in [0.05, 0.1) is 5.41 Å². The first-order valence-electron chi connectivity index (χ1n) is 12.5. The lowest BCUT2D eigenvalue weighted by Crippen LogP contribution is -2.52. The van der Waals surface area contributed by atoms with Crippen molar-refractivity contribution in [1.82, 2.24) is 15.1 Å². The van der Waals surface area contributed by atoms with Gasteiger partial charge in [0.25, 0.3) is 0 Å². The molecule has 0 aromatic heterocycles. The summed E-state index contributed by atoms with van der Waals surface area (Å²) in [4.78, 5) is 42.7. The van der Waals surface area contributed by atoms with Gasteiger partial charge in [-0.15, -0.1) is 0 Å². The number of likely N-dealkylation sites (tertiary alicyclic amines) is 1. The fourth-order valence-electron chi connectivity index (χ4n) is 5.48. The standard InChI is InChI=1S/C25H35FN4O5/c1-2-21(27-24(33)34)22(31)30-11-8-25(9-12-30)17-20(35-23(25)32)7-10-28-13-15-29(16-14-28)19-5-3-18(26)4-6-19/h3-6,20-21,27H,2,7-17H2,1H3,(H,33,34)/t20-,21?/m0/s1. The van der Waals surface area contributed by atoms with Crippen molar-refractivity contribution in [3.8, 4) is 0 Å². The minimum Gasteiger partial charge on any atom is -0.465 e. The van der Waals surface area contributed by atoms with Crippen molar-refractivity contribution in [2.45, 2.75) is 51.2 Å². The molecule has 192 valence electrons.